The number of benzene rings is 2. The van der Waals surface area contributed by atoms with Gasteiger partial charge in [0.2, 0.25) is 5.82 Å². The van der Waals surface area contributed by atoms with E-state index >= 15 is 4.39 Å². The van der Waals surface area contributed by atoms with Crippen molar-refractivity contribution in [3.63, 3.8) is 0 Å². The average Bonchev–Trinajstić information content (AvgIpc) is 3.74. The minimum Gasteiger partial charge on any atom is -0.454 e. The molecule has 0 unspecified atom stereocenters. The molecule has 2 N–H and O–H groups in total. The second kappa shape index (κ2) is 14.3. The number of amides is 1. The summed E-state index contributed by atoms with van der Waals surface area (Å²) in [5, 5.41) is 15.3. The van der Waals surface area contributed by atoms with Crippen LogP contribution in [0.3, 0.4) is 0 Å². The average molecular weight is 673 g/mol. The lowest BCUT2D eigenvalue weighted by Gasteiger charge is -2.34. The normalized spacial score (nSPS) is 17.9. The van der Waals surface area contributed by atoms with Crippen molar-refractivity contribution in [2.45, 2.75) is 58.4 Å². The summed E-state index contributed by atoms with van der Waals surface area (Å²) in [6.45, 7) is 7.63. The van der Waals surface area contributed by atoms with Gasteiger partial charge in [0.05, 0.1) is 11.4 Å². The van der Waals surface area contributed by atoms with Crippen molar-refractivity contribution in [2.24, 2.45) is 5.41 Å². The Morgan fingerprint density at radius 2 is 1.90 bits per heavy atom. The van der Waals surface area contributed by atoms with Crippen molar-refractivity contribution in [3.05, 3.63) is 71.8 Å². The first kappa shape index (κ1) is 33.9. The number of hydrogen-bond acceptors (Lipinski definition) is 8. The quantitative estimate of drug-likeness (QED) is 0.144. The summed E-state index contributed by atoms with van der Waals surface area (Å²) < 4.78 is 50.6. The van der Waals surface area contributed by atoms with Gasteiger partial charge in [-0.25, -0.2) is 23.4 Å². The molecule has 0 bridgehead atoms. The number of piperidine rings is 1. The van der Waals surface area contributed by atoms with Crippen molar-refractivity contribution in [3.8, 4) is 28.8 Å². The monoisotopic (exact) mass is 672 g/mol. The second-order valence-corrected chi connectivity index (χ2v) is 12.8. The predicted octanol–water partition coefficient (Wildman–Crippen LogP) is 6.80. The van der Waals surface area contributed by atoms with Gasteiger partial charge in [-0.3, -0.25) is 4.79 Å². The summed E-state index contributed by atoms with van der Waals surface area (Å²) in [5.74, 6) is -3.64. The Bertz CT molecular complexity index is 1930. The van der Waals surface area contributed by atoms with Gasteiger partial charge in [0.15, 0.2) is 17.2 Å². The Hall–Kier alpha value is -4.96. The zero-order valence-electron chi connectivity index (χ0n) is 27.6. The van der Waals surface area contributed by atoms with Crippen LogP contribution in [-0.4, -0.2) is 68.2 Å². The summed E-state index contributed by atoms with van der Waals surface area (Å²) in [5.41, 5.74) is 6.88. The molecule has 2 fully saturated rings. The highest BCUT2D eigenvalue weighted by Crippen LogP contribution is 2.42. The number of nitrogens with two attached hydrogens (primary N) is 1. The smallest absolute Gasteiger partial charge is 0.264 e. The number of halogens is 3. The molecule has 0 radical (unpaired) electrons. The molecule has 4 aromatic rings. The zero-order chi connectivity index (χ0) is 34.7. The maximum Gasteiger partial charge on any atom is 0.264 e. The molecule has 49 heavy (non-hydrogen) atoms. The van der Waals surface area contributed by atoms with Crippen LogP contribution in [0, 0.1) is 34.2 Å². The molecule has 1 atom stereocenters. The Morgan fingerprint density at radius 3 is 2.61 bits per heavy atom. The number of aromatic nitrogens is 4. The molecule has 1 aliphatic heterocycles. The van der Waals surface area contributed by atoms with Crippen LogP contribution in [0.1, 0.15) is 58.4 Å². The lowest BCUT2D eigenvalue weighted by Crippen LogP contribution is -2.42. The SMILES string of the molecule is CCN(CC)CC1(C=C(C#N)C(=O)N2CCC[C@@H](n3nc(-c4ccc(Oc5cccc(F)c5F)cc4F)c4c(N)ncnc43)C2)CCCC1. The largest absolute Gasteiger partial charge is 0.454 e. The third-order valence-corrected chi connectivity index (χ3v) is 9.72. The fraction of sp³-hybridized carbons (Fsp3) is 0.417. The number of carbonyl (C=O) groups is 1. The van der Waals surface area contributed by atoms with Crippen molar-refractivity contribution in [2.75, 3.05) is 38.5 Å². The van der Waals surface area contributed by atoms with Crippen LogP contribution in [0.25, 0.3) is 22.3 Å². The molecule has 2 aromatic carbocycles. The van der Waals surface area contributed by atoms with E-state index in [9.17, 15) is 18.8 Å². The van der Waals surface area contributed by atoms with Crippen molar-refractivity contribution >= 4 is 22.8 Å². The standard InChI is InChI=1S/C36H39F3N8O2/c1-3-45(4-2)21-36(14-5-6-15-36)18-23(19-40)35(48)46-16-8-9-24(20-46)47-34-30(33(41)42-22-43-34)32(44-47)26-13-12-25(17-28(26)38)49-29-11-7-10-27(37)31(29)39/h7,10-13,17-18,22,24H,3-6,8-9,14-16,20-21H2,1-2H3,(H2,41,42,43)/t24-/m1/s1. The Labute approximate surface area is 283 Å². The number of nitrogen functional groups attached to an aromatic ring is 1. The van der Waals surface area contributed by atoms with Gasteiger partial charge in [-0.1, -0.05) is 38.8 Å². The van der Waals surface area contributed by atoms with Crippen LogP contribution in [0.5, 0.6) is 11.5 Å². The van der Waals surface area contributed by atoms with E-state index in [1.807, 2.05) is 6.08 Å². The van der Waals surface area contributed by atoms with E-state index in [2.05, 4.69) is 34.8 Å². The second-order valence-electron chi connectivity index (χ2n) is 12.8. The molecule has 1 amide bonds. The molecule has 1 saturated carbocycles. The van der Waals surface area contributed by atoms with E-state index in [0.717, 1.165) is 57.5 Å². The third-order valence-electron chi connectivity index (χ3n) is 9.72. The first-order valence-corrected chi connectivity index (χ1v) is 16.7. The van der Waals surface area contributed by atoms with Gasteiger partial charge < -0.3 is 20.3 Å². The molecule has 13 heteroatoms. The fourth-order valence-electron chi connectivity index (χ4n) is 7.16. The van der Waals surface area contributed by atoms with E-state index in [-0.39, 0.29) is 58.1 Å². The van der Waals surface area contributed by atoms with Gasteiger partial charge in [0.25, 0.3) is 5.91 Å². The zero-order valence-corrected chi connectivity index (χ0v) is 27.6. The Morgan fingerprint density at radius 1 is 1.12 bits per heavy atom. The molecule has 1 saturated heterocycles. The third kappa shape index (κ3) is 6.83. The lowest BCUT2D eigenvalue weighted by molar-refractivity contribution is -0.128. The molecule has 2 aromatic heterocycles. The molecular formula is C36H39F3N8O2. The number of carbonyl (C=O) groups excluding carboxylic acids is 1. The predicted molar refractivity (Wildman–Crippen MR) is 179 cm³/mol. The van der Waals surface area contributed by atoms with E-state index < -0.39 is 17.5 Å². The van der Waals surface area contributed by atoms with E-state index in [1.165, 1.54) is 30.6 Å². The summed E-state index contributed by atoms with van der Waals surface area (Å²) in [7, 11) is 0. The van der Waals surface area contributed by atoms with Crippen LogP contribution in [0.4, 0.5) is 19.0 Å². The lowest BCUT2D eigenvalue weighted by atomic mass is 9.83. The van der Waals surface area contributed by atoms with E-state index in [4.69, 9.17) is 15.6 Å². The molecule has 2 aliphatic rings. The molecular weight excluding hydrogens is 633 g/mol. The van der Waals surface area contributed by atoms with Gasteiger partial charge in [-0.05, 0) is 63.0 Å². The van der Waals surface area contributed by atoms with Crippen LogP contribution < -0.4 is 10.5 Å². The molecule has 1 aliphatic carbocycles. The molecule has 3 heterocycles. The number of nitriles is 1. The number of likely N-dealkylation sites (tertiary alicyclic amines) is 1. The topological polar surface area (TPSA) is 126 Å². The highest BCUT2D eigenvalue weighted by atomic mass is 19.2. The van der Waals surface area contributed by atoms with Gasteiger partial charge in [0, 0.05) is 36.7 Å². The van der Waals surface area contributed by atoms with Crippen LogP contribution in [-0.2, 0) is 4.79 Å². The number of nitrogens with zero attached hydrogens (tertiary/aromatic N) is 7. The first-order valence-electron chi connectivity index (χ1n) is 16.7. The summed E-state index contributed by atoms with van der Waals surface area (Å²) in [6, 6.07) is 9.25. The van der Waals surface area contributed by atoms with E-state index in [1.54, 1.807) is 9.58 Å². The first-order chi connectivity index (χ1) is 23.7. The summed E-state index contributed by atoms with van der Waals surface area (Å²) in [4.78, 5) is 26.5. The highest BCUT2D eigenvalue weighted by molar-refractivity contribution is 5.99. The minimum absolute atomic E-state index is 0.0435. The number of hydrogen-bond donors (Lipinski definition) is 1. The van der Waals surface area contributed by atoms with Crippen molar-refractivity contribution in [1.82, 2.24) is 29.5 Å². The van der Waals surface area contributed by atoms with Gasteiger partial charge >= 0.3 is 0 Å². The van der Waals surface area contributed by atoms with Crippen LogP contribution >= 0.6 is 0 Å². The van der Waals surface area contributed by atoms with Gasteiger partial charge in [-0.2, -0.15) is 14.8 Å². The fourth-order valence-corrected chi connectivity index (χ4v) is 7.16. The Balaban J connectivity index is 1.29. The van der Waals surface area contributed by atoms with Gasteiger partial charge in [0.1, 0.15) is 41.0 Å². The molecule has 10 nitrogen and oxygen atoms in total. The van der Waals surface area contributed by atoms with Crippen molar-refractivity contribution < 1.29 is 22.7 Å². The Kier molecular flexibility index (Phi) is 9.87. The summed E-state index contributed by atoms with van der Waals surface area (Å²) in [6.07, 6.45) is 8.58. The molecule has 256 valence electrons. The van der Waals surface area contributed by atoms with E-state index in [0.29, 0.717) is 30.4 Å². The van der Waals surface area contributed by atoms with Crippen LogP contribution in [0.15, 0.2) is 54.4 Å². The molecule has 6 rings (SSSR count). The number of anilines is 1. The number of rotatable bonds is 10. The maximum atomic E-state index is 15.7. The number of ether oxygens (including phenoxy) is 1. The molecule has 0 spiro atoms. The minimum atomic E-state index is -1.18. The maximum absolute atomic E-state index is 15.7. The summed E-state index contributed by atoms with van der Waals surface area (Å²) >= 11 is 0. The van der Waals surface area contributed by atoms with Crippen LogP contribution in [0.2, 0.25) is 0 Å². The van der Waals surface area contributed by atoms with Crippen molar-refractivity contribution in [1.29, 1.82) is 5.26 Å². The number of fused-ring (bicyclic) bond motifs is 1. The van der Waals surface area contributed by atoms with Gasteiger partial charge in [-0.15, -0.1) is 0 Å². The highest BCUT2D eigenvalue weighted by Gasteiger charge is 2.36.